The van der Waals surface area contributed by atoms with Crippen molar-refractivity contribution in [2.75, 3.05) is 12.4 Å². The quantitative estimate of drug-likeness (QED) is 0.369. The van der Waals surface area contributed by atoms with Crippen molar-refractivity contribution in [1.82, 2.24) is 5.32 Å². The number of carbonyl (C=O) groups is 1. The fourth-order valence-electron chi connectivity index (χ4n) is 5.36. The second-order valence-corrected chi connectivity index (χ2v) is 9.35. The van der Waals surface area contributed by atoms with Gasteiger partial charge in [0, 0.05) is 22.2 Å². The van der Waals surface area contributed by atoms with Crippen molar-refractivity contribution in [2.24, 2.45) is 0 Å². The third kappa shape index (κ3) is 3.75. The Kier molecular flexibility index (Phi) is 6.05. The third-order valence-corrected chi connectivity index (χ3v) is 7.18. The van der Waals surface area contributed by atoms with Crippen LogP contribution < -0.4 is 20.1 Å². The number of halogens is 2. The summed E-state index contributed by atoms with van der Waals surface area (Å²) in [6.45, 7) is 1.93. The van der Waals surface area contributed by atoms with Crippen LogP contribution in [0.2, 0.25) is 5.02 Å². The van der Waals surface area contributed by atoms with Gasteiger partial charge in [0.15, 0.2) is 17.0 Å². The molecule has 1 spiro atoms. The summed E-state index contributed by atoms with van der Waals surface area (Å²) in [7, 11) is 1.45. The number of para-hydroxylation sites is 1. The average molecular weight is 512 g/mol. The minimum absolute atomic E-state index is 0.120. The number of fused-ring (bicyclic) bond motifs is 2. The highest BCUT2D eigenvalue weighted by molar-refractivity contribution is 6.32. The number of anilines is 1. The lowest BCUT2D eigenvalue weighted by atomic mass is 9.78. The number of methoxy groups -OCH3 is 1. The topological polar surface area (TPSA) is 103 Å². The highest BCUT2D eigenvalue weighted by Crippen LogP contribution is 2.51. The Morgan fingerprint density at radius 1 is 1.17 bits per heavy atom. The van der Waals surface area contributed by atoms with Crippen molar-refractivity contribution in [3.63, 3.8) is 0 Å². The SMILES string of the molecule is COc1cc([C@@H]2[C@H](C)N[C@@]3(C(=O)Nc4ccccc43)[C@H]2[N+](=O)[O-])cc(Cl)c1OCc1ccc(F)cc1. The van der Waals surface area contributed by atoms with Gasteiger partial charge >= 0.3 is 0 Å². The highest BCUT2D eigenvalue weighted by atomic mass is 35.5. The number of nitrogens with one attached hydrogen (secondary N) is 2. The van der Waals surface area contributed by atoms with E-state index in [1.807, 2.05) is 6.92 Å². The van der Waals surface area contributed by atoms with Crippen molar-refractivity contribution < 1.29 is 23.6 Å². The summed E-state index contributed by atoms with van der Waals surface area (Å²) in [5, 5.41) is 18.7. The Balaban J connectivity index is 1.53. The second-order valence-electron chi connectivity index (χ2n) is 8.95. The zero-order chi connectivity index (χ0) is 25.6. The Hall–Kier alpha value is -3.69. The molecule has 3 aromatic rings. The molecule has 8 nitrogen and oxygen atoms in total. The van der Waals surface area contributed by atoms with Gasteiger partial charge in [-0.15, -0.1) is 0 Å². The molecule has 0 radical (unpaired) electrons. The van der Waals surface area contributed by atoms with E-state index in [1.165, 1.54) is 19.2 Å². The van der Waals surface area contributed by atoms with E-state index < -0.39 is 34.4 Å². The van der Waals surface area contributed by atoms with E-state index in [1.54, 1.807) is 48.5 Å². The van der Waals surface area contributed by atoms with Crippen molar-refractivity contribution in [3.8, 4) is 11.5 Å². The van der Waals surface area contributed by atoms with Crippen LogP contribution in [0, 0.1) is 15.9 Å². The molecule has 2 aliphatic heterocycles. The van der Waals surface area contributed by atoms with E-state index in [0.29, 0.717) is 22.6 Å². The van der Waals surface area contributed by atoms with Crippen LogP contribution in [0.5, 0.6) is 11.5 Å². The molecular weight excluding hydrogens is 489 g/mol. The molecule has 1 fully saturated rings. The Bertz CT molecular complexity index is 1350. The first-order chi connectivity index (χ1) is 17.3. The molecule has 186 valence electrons. The maximum Gasteiger partial charge on any atom is 0.256 e. The highest BCUT2D eigenvalue weighted by Gasteiger charge is 2.67. The molecule has 0 aliphatic carbocycles. The lowest BCUT2D eigenvalue weighted by Gasteiger charge is -2.25. The van der Waals surface area contributed by atoms with E-state index in [9.17, 15) is 19.3 Å². The molecule has 1 amide bonds. The number of rotatable bonds is 6. The molecule has 0 saturated carbocycles. The van der Waals surface area contributed by atoms with Crippen molar-refractivity contribution in [3.05, 3.63) is 98.3 Å². The Morgan fingerprint density at radius 3 is 2.58 bits per heavy atom. The monoisotopic (exact) mass is 511 g/mol. The molecule has 1 saturated heterocycles. The van der Waals surface area contributed by atoms with E-state index in [2.05, 4.69) is 10.6 Å². The molecule has 10 heteroatoms. The molecule has 2 N–H and O–H groups in total. The summed E-state index contributed by atoms with van der Waals surface area (Å²) in [4.78, 5) is 25.3. The van der Waals surface area contributed by atoms with Gasteiger partial charge in [-0.2, -0.15) is 0 Å². The maximum absolute atomic E-state index is 13.2. The molecule has 0 aromatic heterocycles. The average Bonchev–Trinajstić information content (AvgIpc) is 3.32. The number of nitrogens with zero attached hydrogens (tertiary/aromatic N) is 1. The van der Waals surface area contributed by atoms with Crippen molar-refractivity contribution in [2.45, 2.75) is 37.1 Å². The summed E-state index contributed by atoms with van der Waals surface area (Å²) >= 11 is 6.58. The minimum Gasteiger partial charge on any atom is -0.493 e. The van der Waals surface area contributed by atoms with E-state index in [4.69, 9.17) is 21.1 Å². The van der Waals surface area contributed by atoms with Gasteiger partial charge in [0.25, 0.3) is 11.9 Å². The summed E-state index contributed by atoms with van der Waals surface area (Å²) in [6.07, 6.45) is 0. The smallest absolute Gasteiger partial charge is 0.256 e. The number of hydrogen-bond donors (Lipinski definition) is 2. The van der Waals surface area contributed by atoms with Crippen molar-refractivity contribution >= 4 is 23.2 Å². The molecule has 2 aliphatic rings. The number of ether oxygens (including phenoxy) is 2. The van der Waals surface area contributed by atoms with Gasteiger partial charge < -0.3 is 14.8 Å². The van der Waals surface area contributed by atoms with Gasteiger partial charge in [-0.25, -0.2) is 4.39 Å². The molecule has 3 aromatic carbocycles. The predicted molar refractivity (Wildman–Crippen MR) is 132 cm³/mol. The van der Waals surface area contributed by atoms with Crippen LogP contribution in [0.3, 0.4) is 0 Å². The largest absolute Gasteiger partial charge is 0.493 e. The van der Waals surface area contributed by atoms with Crippen LogP contribution in [-0.2, 0) is 16.9 Å². The second kappa shape index (κ2) is 9.07. The maximum atomic E-state index is 13.2. The van der Waals surface area contributed by atoms with Gasteiger partial charge in [0.2, 0.25) is 0 Å². The first-order valence-corrected chi connectivity index (χ1v) is 11.7. The number of nitro groups is 1. The Labute approximate surface area is 211 Å². The zero-order valence-electron chi connectivity index (χ0n) is 19.5. The first-order valence-electron chi connectivity index (χ1n) is 11.3. The lowest BCUT2D eigenvalue weighted by molar-refractivity contribution is -0.532. The molecule has 2 heterocycles. The van der Waals surface area contributed by atoms with Crippen LogP contribution >= 0.6 is 11.6 Å². The molecule has 4 atom stereocenters. The Morgan fingerprint density at radius 2 is 1.89 bits per heavy atom. The fraction of sp³-hybridized carbons (Fsp3) is 0.269. The predicted octanol–water partition coefficient (Wildman–Crippen LogP) is 4.63. The number of hydrogen-bond acceptors (Lipinski definition) is 6. The van der Waals surface area contributed by atoms with Gasteiger partial charge in [0.1, 0.15) is 12.4 Å². The lowest BCUT2D eigenvalue weighted by Crippen LogP contribution is -2.54. The number of amides is 1. The van der Waals surface area contributed by atoms with Crippen LogP contribution in [0.1, 0.15) is 29.5 Å². The molecule has 0 unspecified atom stereocenters. The van der Waals surface area contributed by atoms with E-state index in [0.717, 1.165) is 5.56 Å². The summed E-state index contributed by atoms with van der Waals surface area (Å²) in [5.74, 6) is -0.950. The van der Waals surface area contributed by atoms with Crippen LogP contribution in [0.15, 0.2) is 60.7 Å². The summed E-state index contributed by atoms with van der Waals surface area (Å²) < 4.78 is 24.6. The fourth-order valence-corrected chi connectivity index (χ4v) is 5.64. The van der Waals surface area contributed by atoms with Crippen LogP contribution in [0.25, 0.3) is 0 Å². The van der Waals surface area contributed by atoms with E-state index in [-0.39, 0.29) is 23.2 Å². The molecular formula is C26H23ClFN3O5. The minimum atomic E-state index is -1.53. The zero-order valence-corrected chi connectivity index (χ0v) is 20.2. The standard InChI is InChI=1S/C26H23ClFN3O5/c1-14-22(24(31(33)34)26(30-14)18-5-3-4-6-20(18)29-25(26)32)16-11-19(27)23(21(12-16)35-2)36-13-15-7-9-17(28)10-8-15/h3-12,14,22,24,30H,13H2,1-2H3,(H,29,32)/t14-,22-,24-,26+/m0/s1. The van der Waals surface area contributed by atoms with Crippen LogP contribution in [0.4, 0.5) is 10.1 Å². The molecule has 5 rings (SSSR count). The van der Waals surface area contributed by atoms with Gasteiger partial charge in [-0.05, 0) is 48.4 Å². The first kappa shape index (κ1) is 24.0. The number of carbonyl (C=O) groups excluding carboxylic acids is 1. The summed E-state index contributed by atoms with van der Waals surface area (Å²) in [5.41, 5.74) is 0.843. The van der Waals surface area contributed by atoms with Crippen molar-refractivity contribution in [1.29, 1.82) is 0 Å². The van der Waals surface area contributed by atoms with Gasteiger partial charge in [-0.1, -0.05) is 41.9 Å². The molecule has 36 heavy (non-hydrogen) atoms. The van der Waals surface area contributed by atoms with E-state index >= 15 is 0 Å². The van der Waals surface area contributed by atoms with Gasteiger partial charge in [0.05, 0.1) is 18.1 Å². The van der Waals surface area contributed by atoms with Gasteiger partial charge in [-0.3, -0.25) is 20.2 Å². The third-order valence-electron chi connectivity index (χ3n) is 6.90. The number of benzene rings is 3. The van der Waals surface area contributed by atoms with Crippen LogP contribution in [-0.4, -0.2) is 30.0 Å². The summed E-state index contributed by atoms with van der Waals surface area (Å²) in [6, 6.07) is 14.4. The normalized spacial score (nSPS) is 24.4. The molecule has 0 bridgehead atoms.